The number of hydrogen-bond acceptors (Lipinski definition) is 5. The molecule has 2 rings (SSSR count). The van der Waals surface area contributed by atoms with E-state index in [1.165, 1.54) is 0 Å². The van der Waals surface area contributed by atoms with Gasteiger partial charge < -0.3 is 19.0 Å². The molecule has 1 aliphatic carbocycles. The number of hydrogen-bond donors (Lipinski definition) is 1. The van der Waals surface area contributed by atoms with Crippen LogP contribution in [0.25, 0.3) is 0 Å². The molecule has 1 atom stereocenters. The topological polar surface area (TPSA) is 82.1 Å². The predicted octanol–water partition coefficient (Wildman–Crippen LogP) is 6.28. The van der Waals surface area contributed by atoms with Gasteiger partial charge in [0.1, 0.15) is 5.60 Å². The number of Topliss-reactive ketones (excluding diaryl/α,β-unsaturated/α-hetero) is 1. The summed E-state index contributed by atoms with van der Waals surface area (Å²) in [6.45, 7) is 6.32. The number of benzene rings is 1. The van der Waals surface area contributed by atoms with Gasteiger partial charge in [0.05, 0.1) is 19.3 Å². The van der Waals surface area contributed by atoms with Crippen LogP contribution in [0.15, 0.2) is 41.0 Å². The zero-order valence-electron chi connectivity index (χ0n) is 20.9. The van der Waals surface area contributed by atoms with Gasteiger partial charge >= 0.3 is 5.97 Å². The van der Waals surface area contributed by atoms with E-state index in [0.29, 0.717) is 36.3 Å². The number of halogens is 1. The molecule has 1 aromatic carbocycles. The van der Waals surface area contributed by atoms with Crippen molar-refractivity contribution in [3.63, 3.8) is 0 Å². The molecule has 1 aliphatic rings. The summed E-state index contributed by atoms with van der Waals surface area (Å²) < 4.78 is 17.4. The fourth-order valence-corrected chi connectivity index (χ4v) is 5.90. The van der Waals surface area contributed by atoms with Crippen LogP contribution in [-0.4, -0.2) is 45.0 Å². The molecule has 0 saturated carbocycles. The molecule has 0 radical (unpaired) electrons. The summed E-state index contributed by atoms with van der Waals surface area (Å²) in [6, 6.07) is 5.89. The van der Waals surface area contributed by atoms with Crippen LogP contribution in [0.4, 0.5) is 0 Å². The predicted molar refractivity (Wildman–Crippen MR) is 137 cm³/mol. The maximum atomic E-state index is 13.0. The number of ketones is 1. The van der Waals surface area contributed by atoms with Crippen LogP contribution in [-0.2, 0) is 20.4 Å². The molecule has 0 aliphatic heterocycles. The van der Waals surface area contributed by atoms with E-state index in [1.807, 2.05) is 24.3 Å². The van der Waals surface area contributed by atoms with Gasteiger partial charge in [-0.05, 0) is 81.9 Å². The lowest BCUT2D eigenvalue weighted by Crippen LogP contribution is -2.42. The van der Waals surface area contributed by atoms with Crippen molar-refractivity contribution in [1.29, 1.82) is 0 Å². The lowest BCUT2D eigenvalue weighted by atomic mass is 9.89. The van der Waals surface area contributed by atoms with Crippen LogP contribution in [0.3, 0.4) is 0 Å². The van der Waals surface area contributed by atoms with Crippen LogP contribution in [0.2, 0.25) is 19.6 Å². The van der Waals surface area contributed by atoms with E-state index in [1.54, 1.807) is 20.3 Å². The van der Waals surface area contributed by atoms with Crippen LogP contribution >= 0.6 is 11.6 Å². The summed E-state index contributed by atoms with van der Waals surface area (Å²) in [5.74, 6) is 0.430. The van der Waals surface area contributed by atoms with Crippen molar-refractivity contribution in [1.82, 2.24) is 0 Å². The third kappa shape index (κ3) is 8.00. The Hall–Kier alpha value is -2.09. The molecule has 0 fully saturated rings. The average Bonchev–Trinajstić information content (AvgIpc) is 2.98. The van der Waals surface area contributed by atoms with Crippen LogP contribution in [0, 0.1) is 0 Å². The average molecular weight is 509 g/mol. The molecule has 0 saturated heterocycles. The Kier molecular flexibility index (Phi) is 10.4. The zero-order chi connectivity index (χ0) is 25.4. The van der Waals surface area contributed by atoms with Crippen LogP contribution < -0.4 is 9.47 Å². The second-order valence-corrected chi connectivity index (χ2v) is 14.4. The molecule has 1 aromatic rings. The van der Waals surface area contributed by atoms with Crippen molar-refractivity contribution < 1.29 is 28.6 Å². The Morgan fingerprint density at radius 1 is 1.09 bits per heavy atom. The van der Waals surface area contributed by atoms with Crippen molar-refractivity contribution in [2.45, 2.75) is 76.6 Å². The normalized spacial score (nSPS) is 19.4. The second kappa shape index (κ2) is 12.6. The number of ether oxygens (including phenoxy) is 2. The Bertz CT molecular complexity index is 934. The highest BCUT2D eigenvalue weighted by Crippen LogP contribution is 2.42. The third-order valence-electron chi connectivity index (χ3n) is 5.67. The monoisotopic (exact) mass is 508 g/mol. The van der Waals surface area contributed by atoms with E-state index >= 15 is 0 Å². The summed E-state index contributed by atoms with van der Waals surface area (Å²) in [5, 5.41) is 9.01. The maximum absolute atomic E-state index is 13.0. The number of carboxylic acids is 1. The maximum Gasteiger partial charge on any atom is 0.303 e. The molecule has 1 unspecified atom stereocenters. The number of carbonyl (C=O) groups excluding carboxylic acids is 1. The first-order valence-electron chi connectivity index (χ1n) is 11.8. The number of methoxy groups -OCH3 is 2. The second-order valence-electron chi connectivity index (χ2n) is 9.58. The van der Waals surface area contributed by atoms with E-state index < -0.39 is 19.9 Å². The van der Waals surface area contributed by atoms with Crippen molar-refractivity contribution in [2.75, 3.05) is 14.2 Å². The van der Waals surface area contributed by atoms with E-state index in [2.05, 4.69) is 19.6 Å². The number of rotatable bonds is 14. The quantitative estimate of drug-likeness (QED) is 0.181. The summed E-state index contributed by atoms with van der Waals surface area (Å²) in [7, 11) is 1.21. The number of carbonyl (C=O) groups is 2. The third-order valence-corrected chi connectivity index (χ3v) is 6.93. The fourth-order valence-electron chi connectivity index (χ4n) is 4.26. The number of aryl methyl sites for hydroxylation is 1. The first kappa shape index (κ1) is 28.1. The summed E-state index contributed by atoms with van der Waals surface area (Å²) in [4.78, 5) is 23.7. The van der Waals surface area contributed by atoms with E-state index in [9.17, 15) is 9.59 Å². The fraction of sp³-hybridized carbons (Fsp3) is 0.538. The van der Waals surface area contributed by atoms with Gasteiger partial charge in [0.25, 0.3) is 0 Å². The summed E-state index contributed by atoms with van der Waals surface area (Å²) >= 11 is 6.35. The molecule has 0 spiro atoms. The highest BCUT2D eigenvalue weighted by Gasteiger charge is 2.45. The molecule has 8 heteroatoms. The minimum Gasteiger partial charge on any atom is -0.493 e. The Morgan fingerprint density at radius 3 is 2.41 bits per heavy atom. The Labute approximate surface area is 209 Å². The van der Waals surface area contributed by atoms with Gasteiger partial charge in [-0.25, -0.2) is 0 Å². The van der Waals surface area contributed by atoms with Crippen molar-refractivity contribution >= 4 is 31.7 Å². The largest absolute Gasteiger partial charge is 0.493 e. The van der Waals surface area contributed by atoms with Crippen molar-refractivity contribution in [2.24, 2.45) is 0 Å². The van der Waals surface area contributed by atoms with Gasteiger partial charge in [-0.2, -0.15) is 0 Å². The van der Waals surface area contributed by atoms with Crippen molar-refractivity contribution in [3.8, 4) is 11.5 Å². The molecule has 0 aromatic heterocycles. The van der Waals surface area contributed by atoms with Gasteiger partial charge in [-0.1, -0.05) is 30.2 Å². The summed E-state index contributed by atoms with van der Waals surface area (Å²) in [5.41, 5.74) is 0.908. The number of allylic oxidation sites excluding steroid dienone is 2. The van der Waals surface area contributed by atoms with Gasteiger partial charge in [0.2, 0.25) is 5.78 Å². The highest BCUT2D eigenvalue weighted by atomic mass is 35.5. The molecule has 0 heterocycles. The standard InChI is InChI=1S/C26H37ClO6Si/c1-31-22-15-14-19(17-23(22)32-2)11-10-16-26(33-34(3,4)5)18-21(27)25(30)20(26)12-8-6-7-9-13-24(28)29/h12,14-15,17-18H,6-11,13,16H2,1-5H3,(H,28,29)/b20-12+. The smallest absolute Gasteiger partial charge is 0.303 e. The lowest BCUT2D eigenvalue weighted by Gasteiger charge is -2.36. The number of carboxylic acid groups (broad SMARTS) is 1. The minimum absolute atomic E-state index is 0.168. The molecule has 34 heavy (non-hydrogen) atoms. The van der Waals surface area contributed by atoms with E-state index in [-0.39, 0.29) is 17.2 Å². The van der Waals surface area contributed by atoms with Gasteiger partial charge in [-0.3, -0.25) is 9.59 Å². The van der Waals surface area contributed by atoms with Gasteiger partial charge in [-0.15, -0.1) is 0 Å². The highest BCUT2D eigenvalue weighted by molar-refractivity contribution is 6.70. The first-order valence-corrected chi connectivity index (χ1v) is 15.6. The Morgan fingerprint density at radius 2 is 1.79 bits per heavy atom. The van der Waals surface area contributed by atoms with Crippen LogP contribution in [0.1, 0.15) is 50.5 Å². The van der Waals surface area contributed by atoms with Gasteiger partial charge in [0, 0.05) is 12.0 Å². The SMILES string of the molecule is COc1ccc(CCCC2(O[Si](C)(C)C)C=C(Cl)C(=O)/C2=C\CCCCCC(=O)O)cc1OC. The molecule has 6 nitrogen and oxygen atoms in total. The summed E-state index contributed by atoms with van der Waals surface area (Å²) in [6.07, 6.45) is 9.07. The van der Waals surface area contributed by atoms with Gasteiger partial charge in [0.15, 0.2) is 19.8 Å². The number of unbranched alkanes of at least 4 members (excludes halogenated alkanes) is 3. The molecule has 0 bridgehead atoms. The Balaban J connectivity index is 2.17. The molecular weight excluding hydrogens is 472 g/mol. The van der Waals surface area contributed by atoms with E-state index in [0.717, 1.165) is 31.2 Å². The van der Waals surface area contributed by atoms with Crippen molar-refractivity contribution in [3.05, 3.63) is 46.5 Å². The molecule has 0 amide bonds. The first-order chi connectivity index (χ1) is 16.0. The minimum atomic E-state index is -2.02. The van der Waals surface area contributed by atoms with E-state index in [4.69, 9.17) is 30.6 Å². The van der Waals surface area contributed by atoms with Crippen LogP contribution in [0.5, 0.6) is 11.5 Å². The molecular formula is C26H37ClO6Si. The zero-order valence-corrected chi connectivity index (χ0v) is 22.7. The lowest BCUT2D eigenvalue weighted by molar-refractivity contribution is -0.137. The number of aliphatic carboxylic acids is 1. The molecule has 188 valence electrons. The molecule has 1 N–H and O–H groups in total.